The molecule has 2 saturated heterocycles. The van der Waals surface area contributed by atoms with Crippen molar-refractivity contribution in [1.29, 1.82) is 0 Å². The van der Waals surface area contributed by atoms with Crippen LogP contribution in [-0.2, 0) is 4.74 Å². The topological polar surface area (TPSA) is 78.4 Å². The Kier molecular flexibility index (Phi) is 11.3. The van der Waals surface area contributed by atoms with E-state index in [2.05, 4.69) is 34.6 Å². The highest BCUT2D eigenvalue weighted by Gasteiger charge is 2.34. The van der Waals surface area contributed by atoms with Crippen LogP contribution < -0.4 is 15.4 Å². The molecule has 0 bridgehead atoms. The summed E-state index contributed by atoms with van der Waals surface area (Å²) >= 11 is 0. The Morgan fingerprint density at radius 3 is 2.58 bits per heavy atom. The summed E-state index contributed by atoms with van der Waals surface area (Å²) in [7, 11) is 1.70. The van der Waals surface area contributed by atoms with Crippen LogP contribution in [0.15, 0.2) is 29.3 Å². The van der Waals surface area contributed by atoms with Crippen molar-refractivity contribution in [3.05, 3.63) is 29.8 Å². The van der Waals surface area contributed by atoms with Crippen molar-refractivity contribution in [2.24, 2.45) is 10.4 Å². The van der Waals surface area contributed by atoms with Gasteiger partial charge in [0.1, 0.15) is 5.75 Å². The zero-order chi connectivity index (χ0) is 21.2. The Labute approximate surface area is 204 Å². The van der Waals surface area contributed by atoms with E-state index in [9.17, 15) is 5.11 Å². The average Bonchev–Trinajstić information content (AvgIpc) is 3.46. The van der Waals surface area contributed by atoms with Crippen molar-refractivity contribution < 1.29 is 14.6 Å². The zero-order valence-corrected chi connectivity index (χ0v) is 21.3. The number of ether oxygens (including phenoxy) is 2. The van der Waals surface area contributed by atoms with Crippen LogP contribution in [0.2, 0.25) is 0 Å². The van der Waals surface area contributed by atoms with E-state index in [1.807, 2.05) is 12.1 Å². The first-order valence-corrected chi connectivity index (χ1v) is 11.3. The number of guanidine groups is 1. The van der Waals surface area contributed by atoms with Gasteiger partial charge in [0.25, 0.3) is 0 Å². The molecule has 0 aliphatic carbocycles. The number of halogens is 1. The molecule has 0 aromatic heterocycles. The van der Waals surface area contributed by atoms with Crippen LogP contribution in [0, 0.1) is 5.41 Å². The molecule has 1 aromatic carbocycles. The van der Waals surface area contributed by atoms with Crippen molar-refractivity contribution in [1.82, 2.24) is 15.5 Å². The van der Waals surface area contributed by atoms with E-state index in [0.29, 0.717) is 19.2 Å². The van der Waals surface area contributed by atoms with Gasteiger partial charge in [-0.1, -0.05) is 12.1 Å². The van der Waals surface area contributed by atoms with Gasteiger partial charge in [0.2, 0.25) is 0 Å². The molecular formula is C23H39IN4O3. The molecule has 2 unspecified atom stereocenters. The Bertz CT molecular complexity index is 659. The maximum absolute atomic E-state index is 9.47. The number of hydrogen-bond donors (Lipinski definition) is 3. The van der Waals surface area contributed by atoms with Crippen LogP contribution in [0.5, 0.6) is 5.75 Å². The van der Waals surface area contributed by atoms with Gasteiger partial charge in [-0.15, -0.1) is 24.0 Å². The molecule has 2 atom stereocenters. The van der Waals surface area contributed by atoms with Crippen molar-refractivity contribution in [3.63, 3.8) is 0 Å². The molecule has 1 aromatic rings. The summed E-state index contributed by atoms with van der Waals surface area (Å²) < 4.78 is 10.9. The SMILES string of the molecule is CCNC(=NCC1(CCO)CCOC1)NCC(c1ccc(OC)cc1)N1CCCC1.I. The Morgan fingerprint density at radius 1 is 1.26 bits per heavy atom. The van der Waals surface area contributed by atoms with Crippen LogP contribution >= 0.6 is 24.0 Å². The summed E-state index contributed by atoms with van der Waals surface area (Å²) in [5.41, 5.74) is 1.25. The summed E-state index contributed by atoms with van der Waals surface area (Å²) in [4.78, 5) is 7.42. The molecule has 0 amide bonds. The highest BCUT2D eigenvalue weighted by molar-refractivity contribution is 14.0. The fraction of sp³-hybridized carbons (Fsp3) is 0.696. The summed E-state index contributed by atoms with van der Waals surface area (Å²) in [5, 5.41) is 16.4. The van der Waals surface area contributed by atoms with E-state index in [1.165, 1.54) is 18.4 Å². The summed E-state index contributed by atoms with van der Waals surface area (Å²) in [6.07, 6.45) is 4.20. The van der Waals surface area contributed by atoms with E-state index in [4.69, 9.17) is 14.5 Å². The molecule has 2 fully saturated rings. The van der Waals surface area contributed by atoms with Crippen molar-refractivity contribution in [3.8, 4) is 5.75 Å². The quantitative estimate of drug-likeness (QED) is 0.238. The second kappa shape index (κ2) is 13.4. The molecule has 0 radical (unpaired) electrons. The van der Waals surface area contributed by atoms with Crippen molar-refractivity contribution >= 4 is 29.9 Å². The fourth-order valence-electron chi connectivity index (χ4n) is 4.41. The molecular weight excluding hydrogens is 507 g/mol. The van der Waals surface area contributed by atoms with E-state index < -0.39 is 0 Å². The maximum atomic E-state index is 9.47. The zero-order valence-electron chi connectivity index (χ0n) is 18.9. The lowest BCUT2D eigenvalue weighted by atomic mass is 9.84. The summed E-state index contributed by atoms with van der Waals surface area (Å²) in [6.45, 7) is 8.23. The second-order valence-corrected chi connectivity index (χ2v) is 8.38. The number of nitrogens with zero attached hydrogens (tertiary/aromatic N) is 2. The maximum Gasteiger partial charge on any atom is 0.191 e. The van der Waals surface area contributed by atoms with Crippen molar-refractivity contribution in [2.45, 2.75) is 38.6 Å². The van der Waals surface area contributed by atoms with Crippen LogP contribution in [0.25, 0.3) is 0 Å². The van der Waals surface area contributed by atoms with Gasteiger partial charge in [0, 0.05) is 31.7 Å². The van der Waals surface area contributed by atoms with Crippen LogP contribution in [-0.4, -0.2) is 75.6 Å². The number of benzene rings is 1. The predicted octanol–water partition coefficient (Wildman–Crippen LogP) is 2.79. The third kappa shape index (κ3) is 7.47. The molecule has 176 valence electrons. The predicted molar refractivity (Wildman–Crippen MR) is 136 cm³/mol. The van der Waals surface area contributed by atoms with Gasteiger partial charge in [-0.3, -0.25) is 9.89 Å². The van der Waals surface area contributed by atoms with Gasteiger partial charge >= 0.3 is 0 Å². The van der Waals surface area contributed by atoms with E-state index >= 15 is 0 Å². The number of aliphatic hydroxyl groups is 1. The van der Waals surface area contributed by atoms with Gasteiger partial charge in [0.05, 0.1) is 26.3 Å². The number of methoxy groups -OCH3 is 1. The third-order valence-corrected chi connectivity index (χ3v) is 6.29. The third-order valence-electron chi connectivity index (χ3n) is 6.29. The second-order valence-electron chi connectivity index (χ2n) is 8.38. The Hall–Kier alpha value is -1.10. The lowest BCUT2D eigenvalue weighted by molar-refractivity contribution is 0.131. The minimum Gasteiger partial charge on any atom is -0.497 e. The van der Waals surface area contributed by atoms with Crippen molar-refractivity contribution in [2.75, 3.05) is 59.7 Å². The normalized spacial score (nSPS) is 22.7. The fourth-order valence-corrected chi connectivity index (χ4v) is 4.41. The van der Waals surface area contributed by atoms with Gasteiger partial charge in [0.15, 0.2) is 5.96 Å². The summed E-state index contributed by atoms with van der Waals surface area (Å²) in [5.74, 6) is 1.72. The minimum absolute atomic E-state index is 0. The summed E-state index contributed by atoms with van der Waals surface area (Å²) in [6, 6.07) is 8.70. The number of likely N-dealkylation sites (tertiary alicyclic amines) is 1. The van der Waals surface area contributed by atoms with E-state index in [-0.39, 0.29) is 36.0 Å². The van der Waals surface area contributed by atoms with E-state index in [1.54, 1.807) is 7.11 Å². The van der Waals surface area contributed by atoms with Gasteiger partial charge < -0.3 is 25.2 Å². The smallest absolute Gasteiger partial charge is 0.191 e. The number of hydrogen-bond acceptors (Lipinski definition) is 5. The van der Waals surface area contributed by atoms with Gasteiger partial charge in [-0.05, 0) is 63.4 Å². The molecule has 2 aliphatic heterocycles. The molecule has 0 saturated carbocycles. The molecule has 2 heterocycles. The molecule has 8 heteroatoms. The first kappa shape index (κ1) is 26.2. The largest absolute Gasteiger partial charge is 0.497 e. The van der Waals surface area contributed by atoms with Crippen LogP contribution in [0.3, 0.4) is 0 Å². The highest BCUT2D eigenvalue weighted by Crippen LogP contribution is 2.32. The molecule has 3 N–H and O–H groups in total. The lowest BCUT2D eigenvalue weighted by Gasteiger charge is -2.29. The number of aliphatic hydroxyl groups excluding tert-OH is 1. The first-order valence-electron chi connectivity index (χ1n) is 11.3. The number of nitrogens with one attached hydrogen (secondary N) is 2. The minimum atomic E-state index is -0.0402. The van der Waals surface area contributed by atoms with Gasteiger partial charge in [-0.25, -0.2) is 0 Å². The Balaban J connectivity index is 0.00000341. The molecule has 3 rings (SSSR count). The number of rotatable bonds is 10. The monoisotopic (exact) mass is 546 g/mol. The first-order chi connectivity index (χ1) is 14.7. The van der Waals surface area contributed by atoms with Crippen LogP contribution in [0.4, 0.5) is 0 Å². The van der Waals surface area contributed by atoms with E-state index in [0.717, 1.165) is 57.3 Å². The average molecular weight is 546 g/mol. The standard InChI is InChI=1S/C23H38N4O3.HI/c1-3-24-22(26-17-23(10-14-28)11-15-30-18-23)25-16-21(27-12-4-5-13-27)19-6-8-20(29-2)9-7-19;/h6-9,21,28H,3-5,10-18H2,1-2H3,(H2,24,25,26);1H. The lowest BCUT2D eigenvalue weighted by Crippen LogP contribution is -2.43. The highest BCUT2D eigenvalue weighted by atomic mass is 127. The molecule has 0 spiro atoms. The number of aliphatic imine (C=N–C) groups is 1. The molecule has 31 heavy (non-hydrogen) atoms. The molecule has 2 aliphatic rings. The van der Waals surface area contributed by atoms with Crippen LogP contribution in [0.1, 0.15) is 44.2 Å². The van der Waals surface area contributed by atoms with Gasteiger partial charge in [-0.2, -0.15) is 0 Å². The molecule has 7 nitrogen and oxygen atoms in total. The Morgan fingerprint density at radius 2 is 2.00 bits per heavy atom.